The maximum atomic E-state index is 14.2. The maximum absolute atomic E-state index is 14.2. The van der Waals surface area contributed by atoms with E-state index >= 15 is 0 Å². The molecule has 38 heavy (non-hydrogen) atoms. The van der Waals surface area contributed by atoms with Crippen LogP contribution in [0.1, 0.15) is 34.0 Å². The summed E-state index contributed by atoms with van der Waals surface area (Å²) < 4.78 is 14.2. The first-order valence-corrected chi connectivity index (χ1v) is 12.4. The summed E-state index contributed by atoms with van der Waals surface area (Å²) in [6.07, 6.45) is 4.84. The quantitative estimate of drug-likeness (QED) is 0.214. The number of nitrogens with zero attached hydrogens (tertiary/aromatic N) is 3. The Morgan fingerprint density at radius 2 is 2.03 bits per heavy atom. The van der Waals surface area contributed by atoms with Gasteiger partial charge < -0.3 is 26.8 Å². The molecule has 0 amide bonds. The van der Waals surface area contributed by atoms with E-state index in [4.69, 9.17) is 11.6 Å². The molecular formula is C27H23ClFN9. The van der Waals surface area contributed by atoms with Crippen molar-refractivity contribution in [3.8, 4) is 6.07 Å². The summed E-state index contributed by atoms with van der Waals surface area (Å²) in [4.78, 5) is 8.51. The minimum absolute atomic E-state index is 0.236. The van der Waals surface area contributed by atoms with Gasteiger partial charge in [-0.1, -0.05) is 29.8 Å². The van der Waals surface area contributed by atoms with Gasteiger partial charge in [-0.05, 0) is 35.7 Å². The van der Waals surface area contributed by atoms with E-state index in [1.807, 2.05) is 18.3 Å². The third-order valence-corrected chi connectivity index (χ3v) is 6.99. The van der Waals surface area contributed by atoms with Crippen molar-refractivity contribution >= 4 is 39.6 Å². The van der Waals surface area contributed by atoms with E-state index in [0.717, 1.165) is 30.0 Å². The standard InChI is InChI=1S/C27H23ClFN9/c1-14-23(29)7-18(11-32-14)36-25-16(8-30)10-33-26-20(25)5-17(6-22(26)28)35-27(24-13-34-38-37-24)19-4-2-3-15-9-31-12-21(15)19/h2-7,10-11,13,27,31,34-35,37-38H,9,12H2,1H3,(H,33,36)/t27-/m0/s1. The number of aryl methyl sites for hydroxylation is 1. The smallest absolute Gasteiger partial charge is 0.146 e. The Labute approximate surface area is 223 Å². The number of aromatic nitrogens is 2. The van der Waals surface area contributed by atoms with Crippen molar-refractivity contribution in [3.63, 3.8) is 0 Å². The number of hydrogen-bond donors (Lipinski definition) is 6. The van der Waals surface area contributed by atoms with Crippen LogP contribution in [0.4, 0.5) is 21.5 Å². The van der Waals surface area contributed by atoms with E-state index in [0.29, 0.717) is 32.9 Å². The fourth-order valence-corrected chi connectivity index (χ4v) is 5.08. The van der Waals surface area contributed by atoms with Gasteiger partial charge in [-0.15, -0.1) is 0 Å². The van der Waals surface area contributed by atoms with Gasteiger partial charge in [-0.25, -0.2) is 4.39 Å². The molecule has 0 saturated heterocycles. The van der Waals surface area contributed by atoms with Gasteiger partial charge >= 0.3 is 0 Å². The van der Waals surface area contributed by atoms with Gasteiger partial charge in [0.1, 0.15) is 11.9 Å². The van der Waals surface area contributed by atoms with Gasteiger partial charge in [0.25, 0.3) is 0 Å². The van der Waals surface area contributed by atoms with Crippen LogP contribution in [0.15, 0.2) is 60.7 Å². The fourth-order valence-electron chi connectivity index (χ4n) is 4.81. The molecule has 2 aliphatic rings. The molecule has 11 heteroatoms. The number of benzene rings is 2. The van der Waals surface area contributed by atoms with E-state index in [2.05, 4.69) is 66.6 Å². The summed E-state index contributed by atoms with van der Waals surface area (Å²) in [7, 11) is 0. The third-order valence-electron chi connectivity index (χ3n) is 6.71. The highest BCUT2D eigenvalue weighted by Gasteiger charge is 2.25. The number of halogens is 2. The van der Waals surface area contributed by atoms with Crippen LogP contribution < -0.4 is 32.3 Å². The zero-order chi connectivity index (χ0) is 26.2. The first kappa shape index (κ1) is 23.9. The lowest BCUT2D eigenvalue weighted by Crippen LogP contribution is -2.34. The van der Waals surface area contributed by atoms with Crippen LogP contribution in [0.2, 0.25) is 5.02 Å². The van der Waals surface area contributed by atoms with Crippen molar-refractivity contribution < 1.29 is 4.39 Å². The van der Waals surface area contributed by atoms with E-state index in [-0.39, 0.29) is 11.7 Å². The topological polar surface area (TPSA) is 122 Å². The molecule has 2 aliphatic heterocycles. The molecule has 6 N–H and O–H groups in total. The SMILES string of the molecule is Cc1ncc(Nc2c(C#N)cnc3c(Cl)cc(N[C@H](C4=CNNN4)c4cccc5c4CNC5)cc23)cc1F. The highest BCUT2D eigenvalue weighted by atomic mass is 35.5. The van der Waals surface area contributed by atoms with Crippen LogP contribution in [-0.2, 0) is 13.1 Å². The average Bonchev–Trinajstić information content (AvgIpc) is 3.62. The molecule has 0 unspecified atom stereocenters. The predicted octanol–water partition coefficient (Wildman–Crippen LogP) is 4.56. The van der Waals surface area contributed by atoms with Crippen LogP contribution in [0, 0.1) is 24.1 Å². The molecular weight excluding hydrogens is 505 g/mol. The second-order valence-electron chi connectivity index (χ2n) is 9.09. The Bertz CT molecular complexity index is 1650. The summed E-state index contributed by atoms with van der Waals surface area (Å²) >= 11 is 6.71. The Morgan fingerprint density at radius 1 is 1.13 bits per heavy atom. The van der Waals surface area contributed by atoms with Crippen LogP contribution >= 0.6 is 11.6 Å². The molecule has 0 radical (unpaired) electrons. The minimum atomic E-state index is -0.445. The van der Waals surface area contributed by atoms with Gasteiger partial charge in [0.2, 0.25) is 0 Å². The Kier molecular flexibility index (Phi) is 6.17. The Balaban J connectivity index is 1.45. The zero-order valence-electron chi connectivity index (χ0n) is 20.3. The molecule has 9 nitrogen and oxygen atoms in total. The van der Waals surface area contributed by atoms with Gasteiger partial charge in [0.15, 0.2) is 0 Å². The Morgan fingerprint density at radius 3 is 2.82 bits per heavy atom. The molecule has 4 aromatic rings. The summed E-state index contributed by atoms with van der Waals surface area (Å²) in [6.45, 7) is 3.20. The summed E-state index contributed by atoms with van der Waals surface area (Å²) in [5, 5.41) is 21.0. The molecule has 6 rings (SSSR count). The molecule has 2 aromatic heterocycles. The van der Waals surface area contributed by atoms with E-state index < -0.39 is 5.82 Å². The fraction of sp³-hybridized carbons (Fsp3) is 0.148. The molecule has 0 saturated carbocycles. The number of fused-ring (bicyclic) bond motifs is 2. The first-order valence-electron chi connectivity index (χ1n) is 12.0. The van der Waals surface area contributed by atoms with Gasteiger partial charge in [0.05, 0.1) is 51.1 Å². The number of nitriles is 1. The van der Waals surface area contributed by atoms with Crippen LogP contribution in [-0.4, -0.2) is 9.97 Å². The summed E-state index contributed by atoms with van der Waals surface area (Å²) in [5.74, 6) is -0.445. The molecule has 0 fully saturated rings. The molecule has 0 spiro atoms. The number of hydrogen-bond acceptors (Lipinski definition) is 9. The van der Waals surface area contributed by atoms with E-state index in [9.17, 15) is 9.65 Å². The molecule has 0 bridgehead atoms. The first-order chi connectivity index (χ1) is 18.5. The zero-order valence-corrected chi connectivity index (χ0v) is 21.0. The molecule has 0 aliphatic carbocycles. The van der Waals surface area contributed by atoms with Crippen LogP contribution in [0.3, 0.4) is 0 Å². The van der Waals surface area contributed by atoms with Gasteiger partial charge in [0, 0.05) is 42.6 Å². The van der Waals surface area contributed by atoms with Crippen molar-refractivity contribution in [2.45, 2.75) is 26.1 Å². The number of pyridine rings is 2. The van der Waals surface area contributed by atoms with Crippen molar-refractivity contribution in [1.29, 1.82) is 5.26 Å². The lowest BCUT2D eigenvalue weighted by molar-refractivity contribution is 0.582. The number of hydrazine groups is 2. The highest BCUT2D eigenvalue weighted by Crippen LogP contribution is 2.37. The monoisotopic (exact) mass is 527 g/mol. The second kappa shape index (κ2) is 9.79. The molecule has 190 valence electrons. The number of rotatable bonds is 6. The minimum Gasteiger partial charge on any atom is -0.373 e. The van der Waals surface area contributed by atoms with Crippen molar-refractivity contribution in [2.75, 3.05) is 10.6 Å². The molecule has 4 heterocycles. The summed E-state index contributed by atoms with van der Waals surface area (Å²) in [6, 6.07) is 13.3. The average molecular weight is 528 g/mol. The van der Waals surface area contributed by atoms with Crippen molar-refractivity contribution in [3.05, 3.63) is 99.5 Å². The second-order valence-corrected chi connectivity index (χ2v) is 9.50. The number of nitrogens with one attached hydrogen (secondary N) is 6. The predicted molar refractivity (Wildman–Crippen MR) is 145 cm³/mol. The lowest BCUT2D eigenvalue weighted by atomic mass is 9.95. The van der Waals surface area contributed by atoms with E-state index in [1.165, 1.54) is 29.6 Å². The van der Waals surface area contributed by atoms with Crippen LogP contribution in [0.25, 0.3) is 10.9 Å². The lowest BCUT2D eigenvalue weighted by Gasteiger charge is -2.24. The third kappa shape index (κ3) is 4.33. The van der Waals surface area contributed by atoms with E-state index in [1.54, 1.807) is 6.92 Å². The van der Waals surface area contributed by atoms with Gasteiger partial charge in [-0.3, -0.25) is 9.97 Å². The maximum Gasteiger partial charge on any atom is 0.146 e. The van der Waals surface area contributed by atoms with Crippen LogP contribution in [0.5, 0.6) is 0 Å². The number of anilines is 3. The molecule has 1 atom stereocenters. The summed E-state index contributed by atoms with van der Waals surface area (Å²) in [5.41, 5.74) is 16.3. The Hall–Kier alpha value is -4.43. The van der Waals surface area contributed by atoms with Gasteiger partial charge in [-0.2, -0.15) is 10.8 Å². The highest BCUT2D eigenvalue weighted by molar-refractivity contribution is 6.36. The normalized spacial score (nSPS) is 14.7. The largest absolute Gasteiger partial charge is 0.373 e. The van der Waals surface area contributed by atoms with Crippen molar-refractivity contribution in [1.82, 2.24) is 31.7 Å². The van der Waals surface area contributed by atoms with Crippen molar-refractivity contribution in [2.24, 2.45) is 0 Å². The molecule has 2 aromatic carbocycles.